The molecule has 0 amide bonds. The van der Waals surface area contributed by atoms with Gasteiger partial charge in [-0.05, 0) is 37.8 Å². The molecule has 0 aromatic heterocycles. The van der Waals surface area contributed by atoms with Gasteiger partial charge in [0.2, 0.25) is 0 Å². The number of ether oxygens (including phenoxy) is 2. The molecule has 112 valence electrons. The third-order valence-corrected chi connectivity index (χ3v) is 3.05. The number of rotatable bonds is 10. The first-order chi connectivity index (χ1) is 9.74. The van der Waals surface area contributed by atoms with E-state index in [0.717, 1.165) is 43.5 Å². The lowest BCUT2D eigenvalue weighted by Crippen LogP contribution is -2.04. The largest absolute Gasteiger partial charge is 0.466 e. The minimum absolute atomic E-state index is 0.104. The molecule has 1 aromatic rings. The predicted molar refractivity (Wildman–Crippen MR) is 80.5 cm³/mol. The van der Waals surface area contributed by atoms with Crippen molar-refractivity contribution in [1.82, 2.24) is 0 Å². The summed E-state index contributed by atoms with van der Waals surface area (Å²) >= 11 is 0. The number of hydrogen-bond acceptors (Lipinski definition) is 4. The van der Waals surface area contributed by atoms with Crippen LogP contribution in [-0.4, -0.2) is 25.8 Å². The van der Waals surface area contributed by atoms with Crippen LogP contribution in [0, 0.1) is 0 Å². The number of nitrogens with two attached hydrogens (primary N) is 1. The van der Waals surface area contributed by atoms with Crippen LogP contribution in [0.1, 0.15) is 38.2 Å². The van der Waals surface area contributed by atoms with Gasteiger partial charge in [0, 0.05) is 18.7 Å². The smallest absolute Gasteiger partial charge is 0.305 e. The molecule has 0 atom stereocenters. The molecule has 0 aliphatic heterocycles. The van der Waals surface area contributed by atoms with Crippen molar-refractivity contribution in [3.05, 3.63) is 29.8 Å². The quantitative estimate of drug-likeness (QED) is 0.406. The van der Waals surface area contributed by atoms with E-state index in [0.29, 0.717) is 19.6 Å². The summed E-state index contributed by atoms with van der Waals surface area (Å²) in [4.78, 5) is 11.1. The van der Waals surface area contributed by atoms with Crippen molar-refractivity contribution in [3.8, 4) is 0 Å². The standard InChI is InChI=1S/C16H25NO3/c1-2-20-16(18)10-4-3-7-12-19-13-11-14-8-5-6-9-15(14)17/h5-6,8-9H,2-4,7,10-13,17H2,1H3. The number of benzene rings is 1. The molecule has 0 spiro atoms. The fraction of sp³-hybridized carbons (Fsp3) is 0.562. The molecule has 1 aromatic carbocycles. The second-order valence-corrected chi connectivity index (χ2v) is 4.68. The van der Waals surface area contributed by atoms with E-state index in [1.807, 2.05) is 31.2 Å². The Bertz CT molecular complexity index is 393. The third kappa shape index (κ3) is 7.14. The predicted octanol–water partition coefficient (Wildman–Crippen LogP) is 2.95. The molecule has 2 N–H and O–H groups in total. The molecule has 0 radical (unpaired) electrons. The van der Waals surface area contributed by atoms with Gasteiger partial charge in [-0.1, -0.05) is 24.6 Å². The van der Waals surface area contributed by atoms with E-state index in [2.05, 4.69) is 0 Å². The maximum absolute atomic E-state index is 11.1. The van der Waals surface area contributed by atoms with Crippen molar-refractivity contribution >= 4 is 11.7 Å². The number of esters is 1. The second kappa shape index (κ2) is 10.3. The molecule has 0 saturated heterocycles. The van der Waals surface area contributed by atoms with Crippen LogP contribution in [0.3, 0.4) is 0 Å². The van der Waals surface area contributed by atoms with Crippen LogP contribution in [0.15, 0.2) is 24.3 Å². The number of para-hydroxylation sites is 1. The van der Waals surface area contributed by atoms with Crippen molar-refractivity contribution in [3.63, 3.8) is 0 Å². The normalized spacial score (nSPS) is 10.4. The third-order valence-electron chi connectivity index (χ3n) is 3.05. The van der Waals surface area contributed by atoms with E-state index in [9.17, 15) is 4.79 Å². The van der Waals surface area contributed by atoms with Crippen molar-refractivity contribution < 1.29 is 14.3 Å². The van der Waals surface area contributed by atoms with Crippen LogP contribution in [0.5, 0.6) is 0 Å². The zero-order valence-corrected chi connectivity index (χ0v) is 12.3. The molecule has 0 bridgehead atoms. The Balaban J connectivity index is 1.95. The molecular formula is C16H25NO3. The van der Waals surface area contributed by atoms with E-state index in [1.165, 1.54) is 0 Å². The molecule has 1 rings (SSSR count). The van der Waals surface area contributed by atoms with E-state index in [4.69, 9.17) is 15.2 Å². The Morgan fingerprint density at radius 1 is 1.15 bits per heavy atom. The number of carbonyl (C=O) groups is 1. The van der Waals surface area contributed by atoms with Gasteiger partial charge < -0.3 is 15.2 Å². The number of carbonyl (C=O) groups excluding carboxylic acids is 1. The summed E-state index contributed by atoms with van der Waals surface area (Å²) in [5.41, 5.74) is 7.81. The average Bonchev–Trinajstić information content (AvgIpc) is 2.44. The lowest BCUT2D eigenvalue weighted by Gasteiger charge is -2.06. The van der Waals surface area contributed by atoms with Gasteiger partial charge >= 0.3 is 5.97 Å². The minimum Gasteiger partial charge on any atom is -0.466 e. The SMILES string of the molecule is CCOC(=O)CCCCCOCCc1ccccc1N. The number of unbranched alkanes of at least 4 members (excludes halogenated alkanes) is 2. The first kappa shape index (κ1) is 16.5. The van der Waals surface area contributed by atoms with Crippen LogP contribution < -0.4 is 5.73 Å². The Morgan fingerprint density at radius 3 is 2.70 bits per heavy atom. The van der Waals surface area contributed by atoms with Crippen molar-refractivity contribution in [2.24, 2.45) is 0 Å². The minimum atomic E-state index is -0.104. The zero-order chi connectivity index (χ0) is 14.6. The van der Waals surface area contributed by atoms with E-state index < -0.39 is 0 Å². The summed E-state index contributed by atoms with van der Waals surface area (Å²) in [6.07, 6.45) is 4.19. The van der Waals surface area contributed by atoms with Gasteiger partial charge in [-0.25, -0.2) is 0 Å². The topological polar surface area (TPSA) is 61.5 Å². The second-order valence-electron chi connectivity index (χ2n) is 4.68. The van der Waals surface area contributed by atoms with Crippen LogP contribution in [-0.2, 0) is 20.7 Å². The van der Waals surface area contributed by atoms with Crippen molar-refractivity contribution in [2.45, 2.75) is 39.0 Å². The number of nitrogen functional groups attached to an aromatic ring is 1. The fourth-order valence-electron chi connectivity index (χ4n) is 1.93. The van der Waals surface area contributed by atoms with Gasteiger partial charge in [0.1, 0.15) is 0 Å². The Kier molecular flexibility index (Phi) is 8.47. The summed E-state index contributed by atoms with van der Waals surface area (Å²) in [6, 6.07) is 7.85. The highest BCUT2D eigenvalue weighted by Crippen LogP contribution is 2.11. The fourth-order valence-corrected chi connectivity index (χ4v) is 1.93. The van der Waals surface area contributed by atoms with Gasteiger partial charge in [-0.2, -0.15) is 0 Å². The summed E-state index contributed by atoms with van der Waals surface area (Å²) < 4.78 is 10.4. The lowest BCUT2D eigenvalue weighted by molar-refractivity contribution is -0.143. The molecule has 0 aliphatic carbocycles. The summed E-state index contributed by atoms with van der Waals surface area (Å²) in [5.74, 6) is -0.104. The molecule has 0 unspecified atom stereocenters. The summed E-state index contributed by atoms with van der Waals surface area (Å²) in [6.45, 7) is 3.71. The Morgan fingerprint density at radius 2 is 1.95 bits per heavy atom. The monoisotopic (exact) mass is 279 g/mol. The maximum atomic E-state index is 11.1. The highest BCUT2D eigenvalue weighted by Gasteiger charge is 2.01. The van der Waals surface area contributed by atoms with Crippen LogP contribution >= 0.6 is 0 Å². The molecule has 0 saturated carbocycles. The van der Waals surface area contributed by atoms with Gasteiger partial charge in [-0.15, -0.1) is 0 Å². The van der Waals surface area contributed by atoms with E-state index in [-0.39, 0.29) is 5.97 Å². The van der Waals surface area contributed by atoms with E-state index >= 15 is 0 Å². The molecule has 0 heterocycles. The molecule has 20 heavy (non-hydrogen) atoms. The molecular weight excluding hydrogens is 254 g/mol. The van der Waals surface area contributed by atoms with Gasteiger partial charge in [0.25, 0.3) is 0 Å². The van der Waals surface area contributed by atoms with E-state index in [1.54, 1.807) is 0 Å². The molecule has 4 nitrogen and oxygen atoms in total. The first-order valence-electron chi connectivity index (χ1n) is 7.30. The van der Waals surface area contributed by atoms with Crippen molar-refractivity contribution in [2.75, 3.05) is 25.6 Å². The van der Waals surface area contributed by atoms with Crippen LogP contribution in [0.25, 0.3) is 0 Å². The Hall–Kier alpha value is -1.55. The molecule has 0 fully saturated rings. The Labute approximate surface area is 121 Å². The molecule has 0 aliphatic rings. The lowest BCUT2D eigenvalue weighted by atomic mass is 10.1. The number of anilines is 1. The summed E-state index contributed by atoms with van der Waals surface area (Å²) in [7, 11) is 0. The average molecular weight is 279 g/mol. The van der Waals surface area contributed by atoms with Crippen molar-refractivity contribution in [1.29, 1.82) is 0 Å². The molecule has 4 heteroatoms. The first-order valence-corrected chi connectivity index (χ1v) is 7.30. The number of hydrogen-bond donors (Lipinski definition) is 1. The zero-order valence-electron chi connectivity index (χ0n) is 12.3. The van der Waals surface area contributed by atoms with Gasteiger partial charge in [0.05, 0.1) is 13.2 Å². The van der Waals surface area contributed by atoms with Crippen LogP contribution in [0.4, 0.5) is 5.69 Å². The highest BCUT2D eigenvalue weighted by atomic mass is 16.5. The van der Waals surface area contributed by atoms with Gasteiger partial charge in [0.15, 0.2) is 0 Å². The van der Waals surface area contributed by atoms with Crippen LogP contribution in [0.2, 0.25) is 0 Å². The highest BCUT2D eigenvalue weighted by molar-refractivity contribution is 5.69. The maximum Gasteiger partial charge on any atom is 0.305 e. The summed E-state index contributed by atoms with van der Waals surface area (Å²) in [5, 5.41) is 0. The van der Waals surface area contributed by atoms with Gasteiger partial charge in [-0.3, -0.25) is 4.79 Å².